The zero-order valence-electron chi connectivity index (χ0n) is 27.2. The van der Waals surface area contributed by atoms with Gasteiger partial charge in [-0.1, -0.05) is 81.6 Å². The van der Waals surface area contributed by atoms with Gasteiger partial charge < -0.3 is 4.74 Å². The number of nitrogens with one attached hydrogen (secondary N) is 4. The van der Waals surface area contributed by atoms with Crippen LogP contribution in [-0.4, -0.2) is 52.1 Å². The Bertz CT molecular complexity index is 1340. The third-order valence-electron chi connectivity index (χ3n) is 9.69. The Kier molecular flexibility index (Phi) is 10.2. The van der Waals surface area contributed by atoms with Crippen LogP contribution in [0.1, 0.15) is 87.6 Å². The van der Waals surface area contributed by atoms with Gasteiger partial charge in [-0.3, -0.25) is 20.6 Å². The van der Waals surface area contributed by atoms with Crippen molar-refractivity contribution in [2.75, 3.05) is 13.2 Å². The van der Waals surface area contributed by atoms with Crippen molar-refractivity contribution in [1.29, 1.82) is 0 Å². The number of nitrogens with zero attached hydrogens (tertiary/aromatic N) is 2. The fourth-order valence-electron chi connectivity index (χ4n) is 7.69. The van der Waals surface area contributed by atoms with Crippen LogP contribution in [0, 0.1) is 25.2 Å². The van der Waals surface area contributed by atoms with Gasteiger partial charge in [0.25, 0.3) is 0 Å². The number of benzene rings is 2. The van der Waals surface area contributed by atoms with E-state index < -0.39 is 0 Å². The van der Waals surface area contributed by atoms with E-state index in [-0.39, 0.29) is 24.0 Å². The number of hydrogen-bond donors (Lipinski definition) is 4. The molecular weight excluding hydrogens is 565 g/mol. The SMILES string of the molecule is Cc1cccc(C)c1C1CC2NC(NSC3CCCC(C3)CN(Cc3ccccc3-c3cn[nH]c3)[C@H](CC(C)(C)C)CO2)N1. The van der Waals surface area contributed by atoms with Crippen LogP contribution in [-0.2, 0) is 11.3 Å². The Hall–Kier alpha value is -2.20. The van der Waals surface area contributed by atoms with Crippen LogP contribution in [0.25, 0.3) is 11.1 Å². The van der Waals surface area contributed by atoms with E-state index in [2.05, 4.69) is 108 Å². The van der Waals surface area contributed by atoms with Gasteiger partial charge in [-0.2, -0.15) is 5.10 Å². The van der Waals surface area contributed by atoms with Crippen molar-refractivity contribution in [2.24, 2.45) is 11.3 Å². The first kappa shape index (κ1) is 31.8. The molecule has 6 rings (SSSR count). The van der Waals surface area contributed by atoms with Gasteiger partial charge in [-0.15, -0.1) is 0 Å². The van der Waals surface area contributed by atoms with Crippen molar-refractivity contribution in [3.05, 3.63) is 77.1 Å². The third-order valence-corrected chi connectivity index (χ3v) is 10.8. The molecule has 3 aliphatic rings. The lowest BCUT2D eigenvalue weighted by atomic mass is 9.85. The van der Waals surface area contributed by atoms with Crippen LogP contribution in [0.4, 0.5) is 0 Å². The van der Waals surface area contributed by atoms with E-state index in [0.29, 0.717) is 23.8 Å². The zero-order chi connectivity index (χ0) is 30.7. The van der Waals surface area contributed by atoms with Gasteiger partial charge in [0, 0.05) is 48.6 Å². The van der Waals surface area contributed by atoms with Crippen molar-refractivity contribution in [3.63, 3.8) is 0 Å². The maximum atomic E-state index is 6.94. The lowest BCUT2D eigenvalue weighted by molar-refractivity contribution is -0.0514. The van der Waals surface area contributed by atoms with Gasteiger partial charge >= 0.3 is 0 Å². The summed E-state index contributed by atoms with van der Waals surface area (Å²) in [5, 5.41) is 15.6. The third kappa shape index (κ3) is 7.95. The minimum absolute atomic E-state index is 0.0112. The fourth-order valence-corrected chi connectivity index (χ4v) is 8.80. The van der Waals surface area contributed by atoms with E-state index in [1.54, 1.807) is 0 Å². The number of aromatic amines is 1. The molecule has 2 aromatic carbocycles. The highest BCUT2D eigenvalue weighted by Crippen LogP contribution is 2.36. The van der Waals surface area contributed by atoms with Crippen LogP contribution in [0.3, 0.4) is 0 Å². The minimum atomic E-state index is -0.0407. The predicted molar refractivity (Wildman–Crippen MR) is 182 cm³/mol. The molecule has 4 bridgehead atoms. The molecule has 3 fully saturated rings. The van der Waals surface area contributed by atoms with Crippen LogP contribution in [0.2, 0.25) is 0 Å². The first-order valence-corrected chi connectivity index (χ1v) is 17.5. The maximum Gasteiger partial charge on any atom is 0.123 e. The van der Waals surface area contributed by atoms with Gasteiger partial charge in [0.15, 0.2) is 0 Å². The lowest BCUT2D eigenvalue weighted by Gasteiger charge is -2.41. The number of aryl methyl sites for hydroxylation is 2. The average molecular weight is 617 g/mol. The van der Waals surface area contributed by atoms with Crippen molar-refractivity contribution in [2.45, 2.75) is 110 Å². The number of hydrogen-bond acceptors (Lipinski definition) is 7. The van der Waals surface area contributed by atoms with Crippen molar-refractivity contribution >= 4 is 11.9 Å². The Labute approximate surface area is 268 Å². The second kappa shape index (κ2) is 14.1. The number of rotatable bonds is 5. The number of ether oxygens (including phenoxy) is 1. The summed E-state index contributed by atoms with van der Waals surface area (Å²) < 4.78 is 10.7. The molecule has 2 saturated heterocycles. The Balaban J connectivity index is 1.32. The van der Waals surface area contributed by atoms with E-state index >= 15 is 0 Å². The van der Waals surface area contributed by atoms with E-state index in [0.717, 1.165) is 31.5 Å². The molecule has 0 radical (unpaired) electrons. The molecule has 1 aliphatic carbocycles. The second-order valence-electron chi connectivity index (χ2n) is 14.6. The Morgan fingerprint density at radius 2 is 1.82 bits per heavy atom. The number of fused-ring (bicyclic) bond motifs is 4. The van der Waals surface area contributed by atoms with Crippen molar-refractivity contribution in [3.8, 4) is 11.1 Å². The largest absolute Gasteiger partial charge is 0.362 e. The Morgan fingerprint density at radius 1 is 1.00 bits per heavy atom. The van der Waals surface area contributed by atoms with Gasteiger partial charge in [-0.25, -0.2) is 4.72 Å². The fraction of sp³-hybridized carbons (Fsp3) is 0.583. The predicted octanol–water partition coefficient (Wildman–Crippen LogP) is 7.06. The second-order valence-corrected chi connectivity index (χ2v) is 15.7. The molecule has 3 aromatic rings. The number of aromatic nitrogens is 2. The summed E-state index contributed by atoms with van der Waals surface area (Å²) in [6.07, 6.45) is 11.0. The van der Waals surface area contributed by atoms with Gasteiger partial charge in [0.2, 0.25) is 0 Å². The Morgan fingerprint density at radius 3 is 2.59 bits per heavy atom. The summed E-state index contributed by atoms with van der Waals surface area (Å²) in [7, 11) is 0. The summed E-state index contributed by atoms with van der Waals surface area (Å²) in [6.45, 7) is 14.3. The first-order chi connectivity index (χ1) is 21.2. The molecule has 7 nitrogen and oxygen atoms in total. The van der Waals surface area contributed by atoms with Crippen molar-refractivity contribution < 1.29 is 4.74 Å². The summed E-state index contributed by atoms with van der Waals surface area (Å²) >= 11 is 1.93. The molecule has 2 aliphatic heterocycles. The molecule has 3 heterocycles. The molecule has 44 heavy (non-hydrogen) atoms. The van der Waals surface area contributed by atoms with E-state index in [9.17, 15) is 0 Å². The molecule has 1 aromatic heterocycles. The molecule has 238 valence electrons. The summed E-state index contributed by atoms with van der Waals surface area (Å²) in [6, 6.07) is 16.0. The summed E-state index contributed by atoms with van der Waals surface area (Å²) in [5.41, 5.74) is 8.05. The number of H-pyrrole nitrogens is 1. The molecule has 1 saturated carbocycles. The highest BCUT2D eigenvalue weighted by atomic mass is 32.2. The summed E-state index contributed by atoms with van der Waals surface area (Å²) in [4.78, 5) is 2.77. The molecular formula is C36H52N6OS. The van der Waals surface area contributed by atoms with E-state index in [4.69, 9.17) is 4.74 Å². The maximum absolute atomic E-state index is 6.94. The minimum Gasteiger partial charge on any atom is -0.362 e. The normalized spacial score (nSPS) is 28.9. The highest BCUT2D eigenvalue weighted by Gasteiger charge is 2.35. The molecule has 4 N–H and O–H groups in total. The smallest absolute Gasteiger partial charge is 0.123 e. The monoisotopic (exact) mass is 616 g/mol. The van der Waals surface area contributed by atoms with Crippen LogP contribution in [0.5, 0.6) is 0 Å². The van der Waals surface area contributed by atoms with Gasteiger partial charge in [0.05, 0.1) is 12.8 Å². The average Bonchev–Trinajstić information content (AvgIpc) is 3.53. The van der Waals surface area contributed by atoms with Crippen LogP contribution >= 0.6 is 11.9 Å². The van der Waals surface area contributed by atoms with E-state index in [1.165, 1.54) is 53.5 Å². The molecule has 5 unspecified atom stereocenters. The zero-order valence-corrected chi connectivity index (χ0v) is 28.1. The molecule has 6 atom stereocenters. The highest BCUT2D eigenvalue weighted by molar-refractivity contribution is 7.98. The first-order valence-electron chi connectivity index (χ1n) is 16.6. The topological polar surface area (TPSA) is 77.2 Å². The quantitative estimate of drug-likeness (QED) is 0.229. The van der Waals surface area contributed by atoms with Crippen molar-refractivity contribution in [1.82, 2.24) is 30.5 Å². The van der Waals surface area contributed by atoms with Crippen LogP contribution in [0.15, 0.2) is 54.9 Å². The molecule has 0 amide bonds. The van der Waals surface area contributed by atoms with Gasteiger partial charge in [0.1, 0.15) is 12.5 Å². The standard InChI is InChI=1S/C36H52N6OS/c1-24-10-8-11-25(2)34(24)32-17-33-40-35(39-32)41-44-30-14-9-12-26(16-30)21-42(29(23-43-33)18-36(3,4)5)22-27-13-6-7-15-31(27)28-19-37-38-20-28/h6-8,10-11,13,15,19-20,26,29-30,32-33,35,39-41H,9,12,14,16-18,21-23H2,1-5H3,(H,37,38)/t26?,29-,30?,32?,33?,35?/m1/s1. The van der Waals surface area contributed by atoms with Gasteiger partial charge in [-0.05, 0) is 78.7 Å². The summed E-state index contributed by atoms with van der Waals surface area (Å²) in [5.74, 6) is 0.676. The molecule has 0 spiro atoms. The lowest BCUT2D eigenvalue weighted by Crippen LogP contribution is -2.61. The van der Waals surface area contributed by atoms with Crippen LogP contribution < -0.4 is 15.4 Å². The van der Waals surface area contributed by atoms with E-state index in [1.807, 2.05) is 24.3 Å². The molecule has 8 heteroatoms.